The number of hydrogen-bond donors (Lipinski definition) is 2. The van der Waals surface area contributed by atoms with Gasteiger partial charge in [0.25, 0.3) is 0 Å². The topological polar surface area (TPSA) is 63.8 Å². The molecule has 0 bridgehead atoms. The fourth-order valence-electron chi connectivity index (χ4n) is 2.86. The predicted octanol–water partition coefficient (Wildman–Crippen LogP) is 3.59. The SMILES string of the molecule is CC1(C)CCC(Nc2nc3ccccc3nc2N)CC1. The van der Waals surface area contributed by atoms with E-state index in [1.165, 1.54) is 25.7 Å². The van der Waals surface area contributed by atoms with Crippen LogP contribution in [0.1, 0.15) is 39.5 Å². The van der Waals surface area contributed by atoms with Crippen LogP contribution in [0.15, 0.2) is 24.3 Å². The Morgan fingerprint density at radius 1 is 1.10 bits per heavy atom. The third kappa shape index (κ3) is 2.69. The van der Waals surface area contributed by atoms with Gasteiger partial charge < -0.3 is 11.1 Å². The van der Waals surface area contributed by atoms with Crippen molar-refractivity contribution in [2.45, 2.75) is 45.6 Å². The molecule has 4 heteroatoms. The number of aromatic nitrogens is 2. The number of rotatable bonds is 2. The lowest BCUT2D eigenvalue weighted by atomic mass is 9.75. The molecule has 1 aromatic heterocycles. The Bertz CT molecular complexity index is 611. The maximum atomic E-state index is 6.02. The Morgan fingerprint density at radius 3 is 2.35 bits per heavy atom. The fourth-order valence-corrected chi connectivity index (χ4v) is 2.86. The molecule has 106 valence electrons. The first kappa shape index (κ1) is 13.2. The van der Waals surface area contributed by atoms with Gasteiger partial charge in [-0.1, -0.05) is 26.0 Å². The standard InChI is InChI=1S/C16H22N4/c1-16(2)9-7-11(8-10-16)18-15-14(17)19-12-5-3-4-6-13(12)20-15/h3-6,11H,7-10H2,1-2H3,(H2,17,19)(H,18,20). The van der Waals surface area contributed by atoms with Crippen molar-refractivity contribution < 1.29 is 0 Å². The van der Waals surface area contributed by atoms with Gasteiger partial charge in [-0.2, -0.15) is 0 Å². The molecule has 0 unspecified atom stereocenters. The van der Waals surface area contributed by atoms with E-state index in [4.69, 9.17) is 5.73 Å². The fraction of sp³-hybridized carbons (Fsp3) is 0.500. The third-order valence-electron chi connectivity index (χ3n) is 4.28. The summed E-state index contributed by atoms with van der Waals surface area (Å²) >= 11 is 0. The van der Waals surface area contributed by atoms with Crippen LogP contribution in [0.3, 0.4) is 0 Å². The molecule has 0 saturated heterocycles. The Kier molecular flexibility index (Phi) is 3.24. The molecule has 1 fully saturated rings. The molecule has 1 heterocycles. The van der Waals surface area contributed by atoms with Gasteiger partial charge in [0.1, 0.15) is 0 Å². The summed E-state index contributed by atoms with van der Waals surface area (Å²) in [7, 11) is 0. The predicted molar refractivity (Wildman–Crippen MR) is 83.6 cm³/mol. The van der Waals surface area contributed by atoms with Crippen LogP contribution >= 0.6 is 0 Å². The number of hydrogen-bond acceptors (Lipinski definition) is 4. The Hall–Kier alpha value is -1.84. The van der Waals surface area contributed by atoms with Crippen LogP contribution in [0.5, 0.6) is 0 Å². The van der Waals surface area contributed by atoms with Gasteiger partial charge in [-0.3, -0.25) is 0 Å². The highest BCUT2D eigenvalue weighted by Gasteiger charge is 2.27. The molecule has 3 N–H and O–H groups in total. The minimum atomic E-state index is 0.459. The van der Waals surface area contributed by atoms with Gasteiger partial charge in [0.05, 0.1) is 11.0 Å². The van der Waals surface area contributed by atoms with Crippen molar-refractivity contribution in [2.75, 3.05) is 11.1 Å². The molecule has 1 aromatic carbocycles. The van der Waals surface area contributed by atoms with Crippen LogP contribution in [-0.4, -0.2) is 16.0 Å². The molecule has 0 amide bonds. The summed E-state index contributed by atoms with van der Waals surface area (Å²) < 4.78 is 0. The van der Waals surface area contributed by atoms with Crippen LogP contribution < -0.4 is 11.1 Å². The smallest absolute Gasteiger partial charge is 0.169 e. The van der Waals surface area contributed by atoms with Crippen LogP contribution in [0, 0.1) is 5.41 Å². The molecule has 3 rings (SSSR count). The Balaban J connectivity index is 1.79. The monoisotopic (exact) mass is 270 g/mol. The number of fused-ring (bicyclic) bond motifs is 1. The molecular weight excluding hydrogens is 248 g/mol. The lowest BCUT2D eigenvalue weighted by molar-refractivity contribution is 0.232. The van der Waals surface area contributed by atoms with Crippen molar-refractivity contribution in [3.8, 4) is 0 Å². The van der Waals surface area contributed by atoms with Gasteiger partial charge in [-0.15, -0.1) is 0 Å². The zero-order valence-corrected chi connectivity index (χ0v) is 12.2. The van der Waals surface area contributed by atoms with Crippen LogP contribution in [-0.2, 0) is 0 Å². The quantitative estimate of drug-likeness (QED) is 0.875. The van der Waals surface area contributed by atoms with Gasteiger partial charge in [-0.25, -0.2) is 9.97 Å². The third-order valence-corrected chi connectivity index (χ3v) is 4.28. The van der Waals surface area contributed by atoms with Gasteiger partial charge in [-0.05, 0) is 43.2 Å². The number of benzene rings is 1. The van der Waals surface area contributed by atoms with Crippen LogP contribution in [0.2, 0.25) is 0 Å². The zero-order valence-electron chi connectivity index (χ0n) is 12.2. The van der Waals surface area contributed by atoms with Gasteiger partial charge in [0.2, 0.25) is 0 Å². The highest BCUT2D eigenvalue weighted by Crippen LogP contribution is 2.36. The highest BCUT2D eigenvalue weighted by atomic mass is 15.1. The van der Waals surface area contributed by atoms with Crippen molar-refractivity contribution in [2.24, 2.45) is 5.41 Å². The number of nitrogen functional groups attached to an aromatic ring is 1. The number of nitrogens with one attached hydrogen (secondary N) is 1. The van der Waals surface area contributed by atoms with E-state index in [1.54, 1.807) is 0 Å². The minimum absolute atomic E-state index is 0.459. The lowest BCUT2D eigenvalue weighted by Gasteiger charge is -2.34. The van der Waals surface area contributed by atoms with Crippen molar-refractivity contribution in [3.63, 3.8) is 0 Å². The summed E-state index contributed by atoms with van der Waals surface area (Å²) in [6, 6.07) is 8.29. The maximum Gasteiger partial charge on any atom is 0.169 e. The van der Waals surface area contributed by atoms with Crippen molar-refractivity contribution in [3.05, 3.63) is 24.3 Å². The van der Waals surface area contributed by atoms with Crippen LogP contribution in [0.25, 0.3) is 11.0 Å². The van der Waals surface area contributed by atoms with Gasteiger partial charge >= 0.3 is 0 Å². The molecule has 4 nitrogen and oxygen atoms in total. The normalized spacial score (nSPS) is 19.1. The molecule has 1 aliphatic rings. The summed E-state index contributed by atoms with van der Waals surface area (Å²) in [5.41, 5.74) is 8.23. The maximum absolute atomic E-state index is 6.02. The second kappa shape index (κ2) is 4.93. The Morgan fingerprint density at radius 2 is 1.70 bits per heavy atom. The Labute approximate surface area is 119 Å². The summed E-state index contributed by atoms with van der Waals surface area (Å²) in [6.45, 7) is 4.68. The highest BCUT2D eigenvalue weighted by molar-refractivity contribution is 5.79. The molecule has 0 atom stereocenters. The number of para-hydroxylation sites is 2. The first-order chi connectivity index (χ1) is 9.53. The summed E-state index contributed by atoms with van der Waals surface area (Å²) in [5.74, 6) is 1.22. The van der Waals surface area contributed by atoms with Crippen molar-refractivity contribution in [1.82, 2.24) is 9.97 Å². The van der Waals surface area contributed by atoms with Gasteiger partial charge in [0.15, 0.2) is 11.6 Å². The summed E-state index contributed by atoms with van der Waals surface area (Å²) in [6.07, 6.45) is 4.82. The molecule has 0 radical (unpaired) electrons. The number of nitrogens with zero attached hydrogens (tertiary/aromatic N) is 2. The second-order valence-electron chi connectivity index (χ2n) is 6.53. The average molecular weight is 270 g/mol. The molecule has 1 saturated carbocycles. The van der Waals surface area contributed by atoms with Crippen molar-refractivity contribution >= 4 is 22.7 Å². The van der Waals surface area contributed by atoms with E-state index in [2.05, 4.69) is 29.1 Å². The molecule has 0 aliphatic heterocycles. The van der Waals surface area contributed by atoms with Crippen molar-refractivity contribution in [1.29, 1.82) is 0 Å². The number of nitrogens with two attached hydrogens (primary N) is 1. The van der Waals surface area contributed by atoms with E-state index in [0.29, 0.717) is 17.3 Å². The summed E-state index contributed by atoms with van der Waals surface area (Å²) in [4.78, 5) is 9.03. The summed E-state index contributed by atoms with van der Waals surface area (Å²) in [5, 5.41) is 3.48. The molecule has 0 spiro atoms. The van der Waals surface area contributed by atoms with E-state index in [1.807, 2.05) is 24.3 Å². The van der Waals surface area contributed by atoms with E-state index in [9.17, 15) is 0 Å². The minimum Gasteiger partial charge on any atom is -0.381 e. The lowest BCUT2D eigenvalue weighted by Crippen LogP contribution is -2.30. The van der Waals surface area contributed by atoms with E-state index in [0.717, 1.165) is 16.9 Å². The first-order valence-corrected chi connectivity index (χ1v) is 7.32. The van der Waals surface area contributed by atoms with Crippen LogP contribution in [0.4, 0.5) is 11.6 Å². The second-order valence-corrected chi connectivity index (χ2v) is 6.53. The van der Waals surface area contributed by atoms with E-state index in [-0.39, 0.29) is 0 Å². The van der Waals surface area contributed by atoms with E-state index < -0.39 is 0 Å². The molecular formula is C16H22N4. The molecule has 1 aliphatic carbocycles. The zero-order chi connectivity index (χ0) is 14.2. The largest absolute Gasteiger partial charge is 0.381 e. The van der Waals surface area contributed by atoms with Gasteiger partial charge in [0, 0.05) is 6.04 Å². The van der Waals surface area contributed by atoms with E-state index >= 15 is 0 Å². The number of anilines is 2. The molecule has 20 heavy (non-hydrogen) atoms. The molecule has 2 aromatic rings. The average Bonchev–Trinajstić information content (AvgIpc) is 2.42. The first-order valence-electron chi connectivity index (χ1n) is 7.32.